The number of benzene rings is 2. The van der Waals surface area contributed by atoms with Crippen molar-refractivity contribution in [2.45, 2.75) is 13.8 Å². The summed E-state index contributed by atoms with van der Waals surface area (Å²) in [5.74, 6) is -0.528. The Balaban J connectivity index is 2.00. The first kappa shape index (κ1) is 15.8. The molecule has 0 N–H and O–H groups in total. The third kappa shape index (κ3) is 1.91. The summed E-state index contributed by atoms with van der Waals surface area (Å²) in [6.45, 7) is 3.66. The number of aryl methyl sites for hydroxylation is 1. The molecule has 27 heavy (non-hydrogen) atoms. The lowest BCUT2D eigenvalue weighted by molar-refractivity contribution is -0.112. The molecule has 0 atom stereocenters. The minimum absolute atomic E-state index is 0.209. The number of rotatable bonds is 2. The van der Waals surface area contributed by atoms with Crippen molar-refractivity contribution < 1.29 is 23.5 Å². The van der Waals surface area contributed by atoms with Crippen molar-refractivity contribution >= 4 is 50.4 Å². The fourth-order valence-electron chi connectivity index (χ4n) is 4.14. The summed E-state index contributed by atoms with van der Waals surface area (Å²) in [5.41, 5.74) is 2.85. The Hall–Kier alpha value is -3.47. The number of esters is 1. The maximum atomic E-state index is 12.7. The topological polar surface area (TPSA) is 73.6 Å². The molecule has 3 aromatic rings. The maximum absolute atomic E-state index is 12.7. The van der Waals surface area contributed by atoms with Gasteiger partial charge in [-0.2, -0.15) is 0 Å². The molecule has 5 rings (SSSR count). The molecule has 5 heteroatoms. The summed E-state index contributed by atoms with van der Waals surface area (Å²) in [7, 11) is 0. The summed E-state index contributed by atoms with van der Waals surface area (Å²) in [6.07, 6.45) is 2.59. The molecule has 0 aliphatic heterocycles. The Morgan fingerprint density at radius 2 is 1.81 bits per heavy atom. The predicted molar refractivity (Wildman–Crippen MR) is 100 cm³/mol. The highest BCUT2D eigenvalue weighted by atomic mass is 16.5. The minimum Gasteiger partial charge on any atom is -0.462 e. The molecule has 0 saturated carbocycles. The minimum atomic E-state index is -0.499. The average molecular weight is 358 g/mol. The van der Waals surface area contributed by atoms with Gasteiger partial charge < -0.3 is 9.15 Å². The SMILES string of the molecule is CCOC(=O)c1c(C)oc2cc3cccc4c3c(c12)C1=C4C(=O)C=CC1=O. The second kappa shape index (κ2) is 5.27. The van der Waals surface area contributed by atoms with Gasteiger partial charge in [0.15, 0.2) is 11.6 Å². The number of fused-ring (bicyclic) bond motifs is 4. The molecule has 0 saturated heterocycles. The zero-order valence-corrected chi connectivity index (χ0v) is 14.7. The Morgan fingerprint density at radius 1 is 1.07 bits per heavy atom. The highest BCUT2D eigenvalue weighted by Crippen LogP contribution is 2.49. The molecule has 2 aliphatic carbocycles. The van der Waals surface area contributed by atoms with E-state index in [0.29, 0.717) is 39.0 Å². The molecule has 0 amide bonds. The maximum Gasteiger partial charge on any atom is 0.342 e. The molecular formula is C22H14O5. The third-order valence-electron chi connectivity index (χ3n) is 5.12. The van der Waals surface area contributed by atoms with E-state index in [2.05, 4.69) is 0 Å². The van der Waals surface area contributed by atoms with Crippen LogP contribution in [-0.4, -0.2) is 24.1 Å². The first-order chi connectivity index (χ1) is 13.0. The first-order valence-electron chi connectivity index (χ1n) is 8.70. The summed E-state index contributed by atoms with van der Waals surface area (Å²) >= 11 is 0. The van der Waals surface area contributed by atoms with Gasteiger partial charge in [-0.15, -0.1) is 0 Å². The summed E-state index contributed by atoms with van der Waals surface area (Å²) in [6, 6.07) is 7.43. The van der Waals surface area contributed by atoms with Gasteiger partial charge in [0.2, 0.25) is 0 Å². The molecule has 1 aromatic heterocycles. The number of hydrogen-bond donors (Lipinski definition) is 0. The zero-order chi connectivity index (χ0) is 18.9. The van der Waals surface area contributed by atoms with Crippen molar-refractivity contribution in [3.05, 3.63) is 58.9 Å². The van der Waals surface area contributed by atoms with Crippen LogP contribution in [0.25, 0.3) is 32.9 Å². The standard InChI is InChI=1S/C22H14O5/c1-3-26-22(25)16-10(2)27-15-9-11-5-4-6-12-17(11)21(20(15)16)19-14(24)8-7-13(23)18(12)19/h4-9H,3H2,1-2H3. The molecule has 0 bridgehead atoms. The van der Waals surface area contributed by atoms with Crippen LogP contribution in [0.2, 0.25) is 0 Å². The lowest BCUT2D eigenvalue weighted by Crippen LogP contribution is -2.10. The van der Waals surface area contributed by atoms with Crippen molar-refractivity contribution in [2.75, 3.05) is 6.61 Å². The largest absolute Gasteiger partial charge is 0.462 e. The number of furan rings is 1. The van der Waals surface area contributed by atoms with E-state index in [9.17, 15) is 14.4 Å². The van der Waals surface area contributed by atoms with Crippen LogP contribution in [0.15, 0.2) is 40.8 Å². The van der Waals surface area contributed by atoms with Gasteiger partial charge in [-0.3, -0.25) is 9.59 Å². The van der Waals surface area contributed by atoms with Gasteiger partial charge in [0.25, 0.3) is 0 Å². The van der Waals surface area contributed by atoms with Crippen molar-refractivity contribution in [2.24, 2.45) is 0 Å². The van der Waals surface area contributed by atoms with E-state index in [4.69, 9.17) is 9.15 Å². The van der Waals surface area contributed by atoms with Crippen LogP contribution in [0, 0.1) is 6.92 Å². The number of hydrogen-bond acceptors (Lipinski definition) is 5. The number of ketones is 2. The third-order valence-corrected chi connectivity index (χ3v) is 5.12. The molecule has 0 radical (unpaired) electrons. The Morgan fingerprint density at radius 3 is 2.56 bits per heavy atom. The van der Waals surface area contributed by atoms with Gasteiger partial charge in [-0.25, -0.2) is 4.79 Å². The Kier molecular flexibility index (Phi) is 3.07. The quantitative estimate of drug-likeness (QED) is 0.511. The van der Waals surface area contributed by atoms with Gasteiger partial charge in [0.1, 0.15) is 16.9 Å². The number of carbonyl (C=O) groups excluding carboxylic acids is 3. The Labute approximate surface area is 153 Å². The predicted octanol–water partition coefficient (Wildman–Crippen LogP) is 4.00. The monoisotopic (exact) mass is 358 g/mol. The normalized spacial score (nSPS) is 15.2. The van der Waals surface area contributed by atoms with Gasteiger partial charge in [0.05, 0.1) is 6.61 Å². The van der Waals surface area contributed by atoms with Gasteiger partial charge >= 0.3 is 5.97 Å². The Bertz CT molecular complexity index is 1280. The highest BCUT2D eigenvalue weighted by molar-refractivity contribution is 6.54. The summed E-state index contributed by atoms with van der Waals surface area (Å²) in [4.78, 5) is 37.9. The van der Waals surface area contributed by atoms with Crippen molar-refractivity contribution in [1.29, 1.82) is 0 Å². The fourth-order valence-corrected chi connectivity index (χ4v) is 4.14. The van der Waals surface area contributed by atoms with Crippen molar-refractivity contribution in [3.8, 4) is 0 Å². The average Bonchev–Trinajstić information content (AvgIpc) is 3.15. The van der Waals surface area contributed by atoms with E-state index in [-0.39, 0.29) is 18.2 Å². The second-order valence-electron chi connectivity index (χ2n) is 6.59. The van der Waals surface area contributed by atoms with Gasteiger partial charge in [-0.05, 0) is 48.4 Å². The summed E-state index contributed by atoms with van der Waals surface area (Å²) in [5, 5.41) is 2.19. The van der Waals surface area contributed by atoms with Crippen LogP contribution in [0.5, 0.6) is 0 Å². The zero-order valence-electron chi connectivity index (χ0n) is 14.7. The van der Waals surface area contributed by atoms with Crippen LogP contribution >= 0.6 is 0 Å². The van der Waals surface area contributed by atoms with E-state index >= 15 is 0 Å². The molecule has 0 fully saturated rings. The van der Waals surface area contributed by atoms with Gasteiger partial charge in [-0.1, -0.05) is 18.2 Å². The van der Waals surface area contributed by atoms with Crippen LogP contribution in [0.3, 0.4) is 0 Å². The number of ether oxygens (including phenoxy) is 1. The molecule has 0 spiro atoms. The van der Waals surface area contributed by atoms with Crippen molar-refractivity contribution in [1.82, 2.24) is 0 Å². The van der Waals surface area contributed by atoms with Crippen LogP contribution < -0.4 is 0 Å². The smallest absolute Gasteiger partial charge is 0.342 e. The van der Waals surface area contributed by atoms with Crippen LogP contribution in [-0.2, 0) is 14.3 Å². The lowest BCUT2D eigenvalue weighted by Gasteiger charge is -2.10. The highest BCUT2D eigenvalue weighted by Gasteiger charge is 2.37. The van der Waals surface area contributed by atoms with E-state index in [1.165, 1.54) is 12.2 Å². The molecule has 5 nitrogen and oxygen atoms in total. The second-order valence-corrected chi connectivity index (χ2v) is 6.59. The molecular weight excluding hydrogens is 344 g/mol. The summed E-state index contributed by atoms with van der Waals surface area (Å²) < 4.78 is 11.1. The molecule has 2 aliphatic rings. The fraction of sp³-hybridized carbons (Fsp3) is 0.136. The molecule has 132 valence electrons. The van der Waals surface area contributed by atoms with Crippen LogP contribution in [0.4, 0.5) is 0 Å². The number of allylic oxidation sites excluding steroid dienone is 4. The van der Waals surface area contributed by atoms with Gasteiger partial charge in [0, 0.05) is 22.1 Å². The van der Waals surface area contributed by atoms with E-state index < -0.39 is 5.97 Å². The molecule has 0 unspecified atom stereocenters. The molecule has 2 aromatic carbocycles. The van der Waals surface area contributed by atoms with Crippen LogP contribution in [0.1, 0.15) is 34.2 Å². The van der Waals surface area contributed by atoms with E-state index in [1.54, 1.807) is 13.8 Å². The first-order valence-corrected chi connectivity index (χ1v) is 8.70. The molecule has 1 heterocycles. The van der Waals surface area contributed by atoms with E-state index in [1.807, 2.05) is 24.3 Å². The van der Waals surface area contributed by atoms with Crippen molar-refractivity contribution in [3.63, 3.8) is 0 Å². The van der Waals surface area contributed by atoms with E-state index in [0.717, 1.165) is 16.3 Å². The lowest BCUT2D eigenvalue weighted by atomic mass is 9.91. The number of carbonyl (C=O) groups is 3.